The smallest absolute Gasteiger partial charge is 0.198 e. The van der Waals surface area contributed by atoms with Crippen molar-refractivity contribution in [2.45, 2.75) is 13.0 Å². The Morgan fingerprint density at radius 1 is 1.07 bits per heavy atom. The Bertz CT molecular complexity index is 960. The number of morpholine rings is 1. The van der Waals surface area contributed by atoms with Crippen molar-refractivity contribution in [1.29, 1.82) is 0 Å². The summed E-state index contributed by atoms with van der Waals surface area (Å²) in [6.45, 7) is 6.40. The number of fused-ring (bicyclic) bond motifs is 1. The molecular formula is C22H23FN2O2. The average molecular weight is 366 g/mol. The molecule has 3 aromatic rings. The van der Waals surface area contributed by atoms with E-state index in [1.165, 1.54) is 6.07 Å². The third kappa shape index (κ3) is 3.53. The van der Waals surface area contributed by atoms with Gasteiger partial charge in [-0.25, -0.2) is 4.39 Å². The fourth-order valence-corrected chi connectivity index (χ4v) is 3.79. The maximum absolute atomic E-state index is 14.2. The SMILES string of the molecule is C[C@@H](CN1CCOCC1)n1cc(C(=O)c2ccccc2F)c2ccccc21. The van der Waals surface area contributed by atoms with Crippen LogP contribution in [-0.2, 0) is 4.74 Å². The molecule has 140 valence electrons. The summed E-state index contributed by atoms with van der Waals surface area (Å²) in [5.74, 6) is -0.762. The molecule has 0 unspecified atom stereocenters. The third-order valence-corrected chi connectivity index (χ3v) is 5.20. The molecule has 0 N–H and O–H groups in total. The number of rotatable bonds is 5. The van der Waals surface area contributed by atoms with Crippen molar-refractivity contribution in [2.24, 2.45) is 0 Å². The highest BCUT2D eigenvalue weighted by atomic mass is 19.1. The number of aromatic nitrogens is 1. The lowest BCUT2D eigenvalue weighted by molar-refractivity contribution is 0.0328. The zero-order valence-corrected chi connectivity index (χ0v) is 15.4. The van der Waals surface area contributed by atoms with Crippen LogP contribution in [0.2, 0.25) is 0 Å². The summed E-state index contributed by atoms with van der Waals surface area (Å²) in [7, 11) is 0. The number of carbonyl (C=O) groups is 1. The van der Waals surface area contributed by atoms with Crippen LogP contribution in [0.4, 0.5) is 4.39 Å². The lowest BCUT2D eigenvalue weighted by atomic mass is 10.0. The van der Waals surface area contributed by atoms with E-state index in [2.05, 4.69) is 16.4 Å². The van der Waals surface area contributed by atoms with Crippen molar-refractivity contribution in [3.8, 4) is 0 Å². The van der Waals surface area contributed by atoms with E-state index in [1.54, 1.807) is 18.2 Å². The lowest BCUT2D eigenvalue weighted by Gasteiger charge is -2.29. The molecule has 1 aliphatic heterocycles. The molecule has 0 saturated carbocycles. The Morgan fingerprint density at radius 3 is 2.56 bits per heavy atom. The number of ether oxygens (including phenoxy) is 1. The predicted octanol–water partition coefficient (Wildman–Crippen LogP) is 3.90. The molecule has 27 heavy (non-hydrogen) atoms. The van der Waals surface area contributed by atoms with Crippen LogP contribution in [-0.4, -0.2) is 48.1 Å². The van der Waals surface area contributed by atoms with E-state index in [4.69, 9.17) is 4.74 Å². The van der Waals surface area contributed by atoms with Gasteiger partial charge in [0, 0.05) is 48.3 Å². The molecule has 4 rings (SSSR count). The van der Waals surface area contributed by atoms with Crippen LogP contribution in [0.25, 0.3) is 10.9 Å². The summed E-state index contributed by atoms with van der Waals surface area (Å²) < 4.78 is 21.7. The molecule has 2 heterocycles. The van der Waals surface area contributed by atoms with Gasteiger partial charge in [0.2, 0.25) is 0 Å². The molecule has 1 aromatic heterocycles. The maximum Gasteiger partial charge on any atom is 0.198 e. The molecule has 2 aromatic carbocycles. The quantitative estimate of drug-likeness (QED) is 0.642. The fourth-order valence-electron chi connectivity index (χ4n) is 3.79. The van der Waals surface area contributed by atoms with Crippen LogP contribution in [0.15, 0.2) is 54.7 Å². The van der Waals surface area contributed by atoms with Crippen molar-refractivity contribution in [3.05, 3.63) is 71.7 Å². The van der Waals surface area contributed by atoms with Crippen molar-refractivity contribution >= 4 is 16.7 Å². The second kappa shape index (κ2) is 7.62. The molecule has 1 atom stereocenters. The van der Waals surface area contributed by atoms with Gasteiger partial charge in [0.15, 0.2) is 5.78 Å². The number of benzene rings is 2. The second-order valence-corrected chi connectivity index (χ2v) is 7.04. The van der Waals surface area contributed by atoms with Gasteiger partial charge in [-0.2, -0.15) is 0 Å². The minimum atomic E-state index is -0.485. The molecule has 0 aliphatic carbocycles. The average Bonchev–Trinajstić information content (AvgIpc) is 3.08. The van der Waals surface area contributed by atoms with E-state index in [0.29, 0.717) is 5.56 Å². The topological polar surface area (TPSA) is 34.5 Å². The Hall–Kier alpha value is -2.50. The van der Waals surface area contributed by atoms with Gasteiger partial charge >= 0.3 is 0 Å². The first-order valence-corrected chi connectivity index (χ1v) is 9.34. The first-order valence-electron chi connectivity index (χ1n) is 9.34. The van der Waals surface area contributed by atoms with Gasteiger partial charge in [-0.3, -0.25) is 9.69 Å². The third-order valence-electron chi connectivity index (χ3n) is 5.20. The summed E-state index contributed by atoms with van der Waals surface area (Å²) in [6.07, 6.45) is 1.88. The highest BCUT2D eigenvalue weighted by Crippen LogP contribution is 2.28. The first-order chi connectivity index (χ1) is 13.1. The van der Waals surface area contributed by atoms with Crippen LogP contribution in [0.3, 0.4) is 0 Å². The van der Waals surface area contributed by atoms with E-state index >= 15 is 0 Å². The number of para-hydroxylation sites is 1. The highest BCUT2D eigenvalue weighted by molar-refractivity contribution is 6.16. The van der Waals surface area contributed by atoms with Crippen LogP contribution in [0.1, 0.15) is 28.9 Å². The van der Waals surface area contributed by atoms with Gasteiger partial charge in [-0.15, -0.1) is 0 Å². The van der Waals surface area contributed by atoms with Gasteiger partial charge < -0.3 is 9.30 Å². The zero-order valence-electron chi connectivity index (χ0n) is 15.4. The Labute approximate surface area is 158 Å². The number of ketones is 1. The molecule has 4 nitrogen and oxygen atoms in total. The Kier molecular flexibility index (Phi) is 5.05. The largest absolute Gasteiger partial charge is 0.379 e. The fraction of sp³-hybridized carbons (Fsp3) is 0.318. The summed E-state index contributed by atoms with van der Waals surface area (Å²) >= 11 is 0. The summed E-state index contributed by atoms with van der Waals surface area (Å²) in [4.78, 5) is 15.4. The minimum absolute atomic E-state index is 0.112. The number of carbonyl (C=O) groups excluding carboxylic acids is 1. The van der Waals surface area contributed by atoms with Crippen molar-refractivity contribution in [3.63, 3.8) is 0 Å². The molecular weight excluding hydrogens is 343 g/mol. The van der Waals surface area contributed by atoms with Crippen molar-refractivity contribution in [2.75, 3.05) is 32.8 Å². The monoisotopic (exact) mass is 366 g/mol. The Balaban J connectivity index is 1.70. The van der Waals surface area contributed by atoms with Gasteiger partial charge in [0.25, 0.3) is 0 Å². The number of hydrogen-bond acceptors (Lipinski definition) is 3. The molecule has 0 amide bonds. The zero-order chi connectivity index (χ0) is 18.8. The molecule has 0 radical (unpaired) electrons. The minimum Gasteiger partial charge on any atom is -0.379 e. The summed E-state index contributed by atoms with van der Waals surface area (Å²) in [5, 5.41) is 0.861. The predicted molar refractivity (Wildman–Crippen MR) is 104 cm³/mol. The van der Waals surface area contributed by atoms with Gasteiger partial charge in [-0.1, -0.05) is 30.3 Å². The van der Waals surface area contributed by atoms with Crippen LogP contribution >= 0.6 is 0 Å². The van der Waals surface area contributed by atoms with Crippen molar-refractivity contribution < 1.29 is 13.9 Å². The molecule has 0 bridgehead atoms. The normalized spacial score (nSPS) is 16.5. The number of nitrogens with zero attached hydrogens (tertiary/aromatic N) is 2. The molecule has 1 fully saturated rings. The van der Waals surface area contributed by atoms with Crippen LogP contribution < -0.4 is 0 Å². The van der Waals surface area contributed by atoms with E-state index in [9.17, 15) is 9.18 Å². The Morgan fingerprint density at radius 2 is 1.78 bits per heavy atom. The number of hydrogen-bond donors (Lipinski definition) is 0. The lowest BCUT2D eigenvalue weighted by Crippen LogP contribution is -2.39. The van der Waals surface area contributed by atoms with E-state index < -0.39 is 5.82 Å². The van der Waals surface area contributed by atoms with E-state index in [1.807, 2.05) is 30.5 Å². The highest BCUT2D eigenvalue weighted by Gasteiger charge is 2.22. The maximum atomic E-state index is 14.2. The van der Waals surface area contributed by atoms with Gasteiger partial charge in [0.05, 0.1) is 18.8 Å². The van der Waals surface area contributed by atoms with E-state index in [-0.39, 0.29) is 17.4 Å². The van der Waals surface area contributed by atoms with Gasteiger partial charge in [0.1, 0.15) is 5.82 Å². The standard InChI is InChI=1S/C22H23FN2O2/c1-16(14-24-10-12-27-13-11-24)25-15-19(17-6-3-5-9-21(17)25)22(26)18-7-2-4-8-20(18)23/h2-9,15-16H,10-14H2,1H3/t16-/m0/s1. The van der Waals surface area contributed by atoms with Crippen molar-refractivity contribution in [1.82, 2.24) is 9.47 Å². The van der Waals surface area contributed by atoms with Crippen LogP contribution in [0.5, 0.6) is 0 Å². The second-order valence-electron chi connectivity index (χ2n) is 7.04. The summed E-state index contributed by atoms with van der Waals surface area (Å²) in [6, 6.07) is 14.2. The van der Waals surface area contributed by atoms with E-state index in [0.717, 1.165) is 43.8 Å². The number of halogens is 1. The molecule has 5 heteroatoms. The van der Waals surface area contributed by atoms with Gasteiger partial charge in [-0.05, 0) is 25.1 Å². The molecule has 0 spiro atoms. The molecule has 1 saturated heterocycles. The first kappa shape index (κ1) is 17.9. The summed E-state index contributed by atoms with van der Waals surface area (Å²) in [5.41, 5.74) is 1.66. The van der Waals surface area contributed by atoms with Crippen LogP contribution in [0, 0.1) is 5.82 Å². The molecule has 1 aliphatic rings.